The third-order valence-electron chi connectivity index (χ3n) is 5.25. The molecule has 0 radical (unpaired) electrons. The molecule has 1 saturated heterocycles. The lowest BCUT2D eigenvalue weighted by Gasteiger charge is -2.50. The molecule has 16 heavy (non-hydrogen) atoms. The Kier molecular flexibility index (Phi) is 3.02. The molecule has 1 amide bonds. The fraction of sp³-hybridized carbons (Fsp3) is 0.929. The maximum Gasteiger partial charge on any atom is 0.221 e. The Morgan fingerprint density at radius 2 is 1.88 bits per heavy atom. The van der Waals surface area contributed by atoms with Crippen LogP contribution in [-0.2, 0) is 4.79 Å². The van der Waals surface area contributed by atoms with Crippen LogP contribution in [0.2, 0.25) is 0 Å². The summed E-state index contributed by atoms with van der Waals surface area (Å²) in [5.41, 5.74) is 0.343. The molecule has 92 valence electrons. The van der Waals surface area contributed by atoms with Gasteiger partial charge in [-0.25, -0.2) is 0 Å². The molecule has 2 heteroatoms. The van der Waals surface area contributed by atoms with E-state index in [-0.39, 0.29) is 16.9 Å². The van der Waals surface area contributed by atoms with Gasteiger partial charge < -0.3 is 5.32 Å². The number of hydrogen-bond acceptors (Lipinski definition) is 1. The van der Waals surface area contributed by atoms with Crippen LogP contribution in [0.1, 0.15) is 65.7 Å². The van der Waals surface area contributed by atoms with E-state index in [1.165, 1.54) is 32.1 Å². The van der Waals surface area contributed by atoms with Crippen molar-refractivity contribution in [3.63, 3.8) is 0 Å². The summed E-state index contributed by atoms with van der Waals surface area (Å²) >= 11 is 0. The molecule has 2 nitrogen and oxygen atoms in total. The van der Waals surface area contributed by atoms with Crippen LogP contribution in [0.15, 0.2) is 0 Å². The van der Waals surface area contributed by atoms with Gasteiger partial charge >= 0.3 is 0 Å². The van der Waals surface area contributed by atoms with Gasteiger partial charge in [-0.2, -0.15) is 0 Å². The normalized spacial score (nSPS) is 33.4. The first kappa shape index (κ1) is 11.9. The van der Waals surface area contributed by atoms with Crippen LogP contribution in [0.3, 0.4) is 0 Å². The number of carbonyl (C=O) groups is 1. The Morgan fingerprint density at radius 1 is 1.25 bits per heavy atom. The van der Waals surface area contributed by atoms with E-state index in [2.05, 4.69) is 26.1 Å². The van der Waals surface area contributed by atoms with Crippen LogP contribution in [0.25, 0.3) is 0 Å². The minimum Gasteiger partial charge on any atom is -0.350 e. The highest BCUT2D eigenvalue weighted by atomic mass is 16.2. The van der Waals surface area contributed by atoms with Crippen LogP contribution in [0, 0.1) is 11.3 Å². The topological polar surface area (TPSA) is 29.1 Å². The largest absolute Gasteiger partial charge is 0.350 e. The molecule has 1 atom stereocenters. The van der Waals surface area contributed by atoms with Crippen molar-refractivity contribution in [2.45, 2.75) is 71.3 Å². The summed E-state index contributed by atoms with van der Waals surface area (Å²) in [6, 6.07) is 0. The van der Waals surface area contributed by atoms with Crippen LogP contribution >= 0.6 is 0 Å². The van der Waals surface area contributed by atoms with E-state index in [0.717, 1.165) is 12.8 Å². The Labute approximate surface area is 99.2 Å². The van der Waals surface area contributed by atoms with E-state index < -0.39 is 0 Å². The van der Waals surface area contributed by atoms with E-state index in [4.69, 9.17) is 0 Å². The molecule has 1 saturated carbocycles. The summed E-state index contributed by atoms with van der Waals surface area (Å²) in [4.78, 5) is 11.9. The molecule has 0 bridgehead atoms. The lowest BCUT2D eigenvalue weighted by Crippen LogP contribution is -2.55. The zero-order valence-corrected chi connectivity index (χ0v) is 10.9. The molecule has 0 aromatic heterocycles. The van der Waals surface area contributed by atoms with Crippen molar-refractivity contribution in [3.05, 3.63) is 0 Å². The predicted octanol–water partition coefficient (Wildman–Crippen LogP) is 3.26. The van der Waals surface area contributed by atoms with E-state index in [1.807, 2.05) is 0 Å². The summed E-state index contributed by atoms with van der Waals surface area (Å²) in [5.74, 6) is 0.881. The summed E-state index contributed by atoms with van der Waals surface area (Å²) in [7, 11) is 0. The van der Waals surface area contributed by atoms with Gasteiger partial charge in [-0.15, -0.1) is 0 Å². The monoisotopic (exact) mass is 223 g/mol. The van der Waals surface area contributed by atoms with Gasteiger partial charge in [0.25, 0.3) is 0 Å². The fourth-order valence-corrected chi connectivity index (χ4v) is 4.30. The van der Waals surface area contributed by atoms with Gasteiger partial charge in [0.15, 0.2) is 0 Å². The zero-order chi connectivity index (χ0) is 11.8. The van der Waals surface area contributed by atoms with Gasteiger partial charge in [-0.1, -0.05) is 40.0 Å². The van der Waals surface area contributed by atoms with Crippen molar-refractivity contribution in [2.24, 2.45) is 11.3 Å². The van der Waals surface area contributed by atoms with Gasteiger partial charge in [-0.3, -0.25) is 4.79 Å². The average molecular weight is 223 g/mol. The number of nitrogens with one attached hydrogen (secondary N) is 1. The van der Waals surface area contributed by atoms with Crippen LogP contribution < -0.4 is 5.32 Å². The maximum absolute atomic E-state index is 11.9. The molecule has 0 aromatic carbocycles. The Balaban J connectivity index is 2.36. The van der Waals surface area contributed by atoms with E-state index in [1.54, 1.807) is 0 Å². The summed E-state index contributed by atoms with van der Waals surface area (Å²) in [6.45, 7) is 6.84. The minimum absolute atomic E-state index is 0.130. The summed E-state index contributed by atoms with van der Waals surface area (Å²) in [5, 5.41) is 3.35. The van der Waals surface area contributed by atoms with E-state index in [9.17, 15) is 4.79 Å². The molecule has 1 N–H and O–H groups in total. The first-order valence-electron chi connectivity index (χ1n) is 6.87. The van der Waals surface area contributed by atoms with Gasteiger partial charge in [0, 0.05) is 17.4 Å². The first-order chi connectivity index (χ1) is 7.56. The zero-order valence-electron chi connectivity index (χ0n) is 10.9. The third kappa shape index (κ3) is 1.49. The van der Waals surface area contributed by atoms with Crippen molar-refractivity contribution < 1.29 is 4.79 Å². The predicted molar refractivity (Wildman–Crippen MR) is 66.1 cm³/mol. The van der Waals surface area contributed by atoms with Crippen LogP contribution in [0.4, 0.5) is 0 Å². The lowest BCUT2D eigenvalue weighted by atomic mass is 9.57. The Morgan fingerprint density at radius 3 is 2.38 bits per heavy atom. The van der Waals surface area contributed by atoms with Crippen molar-refractivity contribution in [3.8, 4) is 0 Å². The van der Waals surface area contributed by atoms with Gasteiger partial charge in [-0.05, 0) is 25.2 Å². The van der Waals surface area contributed by atoms with Crippen molar-refractivity contribution in [1.29, 1.82) is 0 Å². The standard InChI is InChI=1S/C14H25NO/c1-4-13(11(2)3)10-12(16)15-14(13)8-6-5-7-9-14/h11H,4-10H2,1-3H3,(H,15,16). The molecular formula is C14H25NO. The van der Waals surface area contributed by atoms with Gasteiger partial charge in [0.1, 0.15) is 0 Å². The molecule has 0 aromatic rings. The second-order valence-corrected chi connectivity index (χ2v) is 6.03. The van der Waals surface area contributed by atoms with E-state index >= 15 is 0 Å². The fourth-order valence-electron chi connectivity index (χ4n) is 4.30. The van der Waals surface area contributed by atoms with Gasteiger partial charge in [0.05, 0.1) is 0 Å². The highest BCUT2D eigenvalue weighted by Gasteiger charge is 2.57. The number of hydrogen-bond donors (Lipinski definition) is 1. The quantitative estimate of drug-likeness (QED) is 0.765. The second kappa shape index (κ2) is 4.05. The SMILES string of the molecule is CCC1(C(C)C)CC(=O)NC12CCCCC2. The molecule has 1 spiro atoms. The molecule has 1 heterocycles. The molecule has 2 fully saturated rings. The van der Waals surface area contributed by atoms with Crippen molar-refractivity contribution in [1.82, 2.24) is 5.32 Å². The van der Waals surface area contributed by atoms with Crippen LogP contribution in [-0.4, -0.2) is 11.4 Å². The van der Waals surface area contributed by atoms with Crippen molar-refractivity contribution in [2.75, 3.05) is 0 Å². The molecule has 2 aliphatic rings. The summed E-state index contributed by atoms with van der Waals surface area (Å²) < 4.78 is 0. The number of carbonyl (C=O) groups excluding carboxylic acids is 1. The van der Waals surface area contributed by atoms with Gasteiger partial charge in [0.2, 0.25) is 5.91 Å². The summed E-state index contributed by atoms with van der Waals surface area (Å²) in [6.07, 6.45) is 8.19. The Bertz CT molecular complexity index is 278. The number of rotatable bonds is 2. The second-order valence-electron chi connectivity index (χ2n) is 6.03. The molecule has 1 unspecified atom stereocenters. The maximum atomic E-state index is 11.9. The smallest absolute Gasteiger partial charge is 0.221 e. The molecule has 2 rings (SSSR count). The highest BCUT2D eigenvalue weighted by Crippen LogP contribution is 2.54. The Hall–Kier alpha value is -0.530. The first-order valence-corrected chi connectivity index (χ1v) is 6.87. The number of amides is 1. The minimum atomic E-state index is 0.130. The average Bonchev–Trinajstić information content (AvgIpc) is 2.52. The lowest BCUT2D eigenvalue weighted by molar-refractivity contribution is -0.120. The molecule has 1 aliphatic heterocycles. The van der Waals surface area contributed by atoms with E-state index in [0.29, 0.717) is 5.92 Å². The molecular weight excluding hydrogens is 198 g/mol. The highest BCUT2D eigenvalue weighted by molar-refractivity contribution is 5.81. The third-order valence-corrected chi connectivity index (χ3v) is 5.25. The van der Waals surface area contributed by atoms with Crippen LogP contribution in [0.5, 0.6) is 0 Å². The molecule has 1 aliphatic carbocycles. The van der Waals surface area contributed by atoms with Crippen molar-refractivity contribution >= 4 is 5.91 Å².